The summed E-state index contributed by atoms with van der Waals surface area (Å²) in [6, 6.07) is 0.657. The minimum absolute atomic E-state index is 0.598. The van der Waals surface area contributed by atoms with E-state index in [0.29, 0.717) is 18.5 Å². The van der Waals surface area contributed by atoms with Crippen molar-refractivity contribution in [2.75, 3.05) is 25.0 Å². The van der Waals surface area contributed by atoms with E-state index < -0.39 is 0 Å². The molecule has 0 amide bonds. The maximum absolute atomic E-state index is 5.45. The van der Waals surface area contributed by atoms with E-state index in [1.54, 1.807) is 12.4 Å². The molecule has 18 heavy (non-hydrogen) atoms. The zero-order chi connectivity index (χ0) is 12.6. The van der Waals surface area contributed by atoms with Crippen molar-refractivity contribution in [2.24, 2.45) is 0 Å². The van der Waals surface area contributed by atoms with Gasteiger partial charge in [-0.15, -0.1) is 0 Å². The fraction of sp³-hybridized carbons (Fsp3) is 0.692. The van der Waals surface area contributed by atoms with Crippen molar-refractivity contribution in [3.05, 3.63) is 12.4 Å². The van der Waals surface area contributed by atoms with Crippen molar-refractivity contribution in [2.45, 2.75) is 38.6 Å². The maximum atomic E-state index is 5.45. The number of hydrogen-bond donors (Lipinski definition) is 2. The first kappa shape index (κ1) is 13.1. The maximum Gasteiger partial charge on any atom is 0.234 e. The van der Waals surface area contributed by atoms with Gasteiger partial charge in [0, 0.05) is 12.6 Å². The Bertz CT molecular complexity index is 353. The molecule has 0 aliphatic carbocycles. The van der Waals surface area contributed by atoms with Gasteiger partial charge in [0.1, 0.15) is 5.82 Å². The number of ether oxygens (including phenoxy) is 1. The second-order valence-corrected chi connectivity index (χ2v) is 4.60. The van der Waals surface area contributed by atoms with Gasteiger partial charge in [0.2, 0.25) is 5.88 Å². The number of nitrogens with one attached hydrogen (secondary N) is 2. The number of anilines is 1. The van der Waals surface area contributed by atoms with Gasteiger partial charge in [0.25, 0.3) is 0 Å². The number of rotatable bonds is 7. The molecular weight excluding hydrogens is 228 g/mol. The van der Waals surface area contributed by atoms with Crippen LogP contribution in [-0.4, -0.2) is 35.7 Å². The van der Waals surface area contributed by atoms with E-state index in [4.69, 9.17) is 4.74 Å². The van der Waals surface area contributed by atoms with Crippen LogP contribution in [0.25, 0.3) is 0 Å². The molecule has 0 unspecified atom stereocenters. The van der Waals surface area contributed by atoms with Crippen LogP contribution in [0.4, 0.5) is 5.82 Å². The fourth-order valence-corrected chi connectivity index (χ4v) is 2.09. The highest BCUT2D eigenvalue weighted by Gasteiger charge is 2.12. The summed E-state index contributed by atoms with van der Waals surface area (Å²) in [7, 11) is 0. The second kappa shape index (κ2) is 7.16. The fourth-order valence-electron chi connectivity index (χ4n) is 2.09. The Morgan fingerprint density at radius 2 is 2.44 bits per heavy atom. The number of nitrogens with zero attached hydrogens (tertiary/aromatic N) is 2. The van der Waals surface area contributed by atoms with E-state index in [0.717, 1.165) is 31.7 Å². The molecule has 1 aliphatic heterocycles. The lowest BCUT2D eigenvalue weighted by Crippen LogP contribution is -2.24. The Balaban J connectivity index is 1.74. The first-order valence-electron chi connectivity index (χ1n) is 6.80. The highest BCUT2D eigenvalue weighted by molar-refractivity contribution is 5.33. The van der Waals surface area contributed by atoms with E-state index in [9.17, 15) is 0 Å². The molecule has 1 saturated heterocycles. The summed E-state index contributed by atoms with van der Waals surface area (Å²) < 4.78 is 5.45. The Morgan fingerprint density at radius 1 is 1.50 bits per heavy atom. The molecule has 1 atom stereocenters. The van der Waals surface area contributed by atoms with Crippen molar-refractivity contribution >= 4 is 5.82 Å². The van der Waals surface area contributed by atoms with Crippen molar-refractivity contribution in [1.82, 2.24) is 15.3 Å². The van der Waals surface area contributed by atoms with Crippen LogP contribution in [0.2, 0.25) is 0 Å². The predicted molar refractivity (Wildman–Crippen MR) is 71.9 cm³/mol. The first-order chi connectivity index (χ1) is 8.88. The molecule has 1 aromatic heterocycles. The SMILES string of the molecule is CCCOc1cncc(NCC[C@@H]2CCCN2)n1. The van der Waals surface area contributed by atoms with Gasteiger partial charge in [-0.25, -0.2) is 0 Å². The van der Waals surface area contributed by atoms with Crippen LogP contribution >= 0.6 is 0 Å². The van der Waals surface area contributed by atoms with E-state index in [1.165, 1.54) is 12.8 Å². The molecule has 2 heterocycles. The molecule has 5 nitrogen and oxygen atoms in total. The third-order valence-electron chi connectivity index (χ3n) is 3.03. The lowest BCUT2D eigenvalue weighted by Gasteiger charge is -2.11. The molecule has 0 spiro atoms. The van der Waals surface area contributed by atoms with Gasteiger partial charge in [-0.05, 0) is 32.2 Å². The molecule has 1 aromatic rings. The average Bonchev–Trinajstić information content (AvgIpc) is 2.90. The van der Waals surface area contributed by atoms with E-state index in [-0.39, 0.29) is 0 Å². The summed E-state index contributed by atoms with van der Waals surface area (Å²) in [5.74, 6) is 1.39. The molecule has 2 N–H and O–H groups in total. The minimum atomic E-state index is 0.598. The second-order valence-electron chi connectivity index (χ2n) is 4.60. The molecule has 0 saturated carbocycles. The summed E-state index contributed by atoms with van der Waals surface area (Å²) >= 11 is 0. The summed E-state index contributed by atoms with van der Waals surface area (Å²) in [4.78, 5) is 8.48. The molecule has 0 bridgehead atoms. The van der Waals surface area contributed by atoms with Gasteiger partial charge in [-0.1, -0.05) is 6.92 Å². The number of hydrogen-bond acceptors (Lipinski definition) is 5. The van der Waals surface area contributed by atoms with Crippen molar-refractivity contribution in [1.29, 1.82) is 0 Å². The zero-order valence-corrected chi connectivity index (χ0v) is 11.0. The van der Waals surface area contributed by atoms with Gasteiger partial charge in [-0.2, -0.15) is 4.98 Å². The summed E-state index contributed by atoms with van der Waals surface area (Å²) in [5.41, 5.74) is 0. The molecule has 100 valence electrons. The molecule has 1 aliphatic rings. The highest BCUT2D eigenvalue weighted by atomic mass is 16.5. The zero-order valence-electron chi connectivity index (χ0n) is 11.0. The van der Waals surface area contributed by atoms with Gasteiger partial charge >= 0.3 is 0 Å². The Morgan fingerprint density at radius 3 is 3.22 bits per heavy atom. The summed E-state index contributed by atoms with van der Waals surface area (Å²) in [5, 5.41) is 6.78. The average molecular weight is 250 g/mol. The van der Waals surface area contributed by atoms with Crippen molar-refractivity contribution in [3.8, 4) is 5.88 Å². The van der Waals surface area contributed by atoms with Crippen LogP contribution in [0.15, 0.2) is 12.4 Å². The van der Waals surface area contributed by atoms with Crippen LogP contribution < -0.4 is 15.4 Å². The van der Waals surface area contributed by atoms with Crippen LogP contribution in [0.1, 0.15) is 32.6 Å². The van der Waals surface area contributed by atoms with Gasteiger partial charge in [-0.3, -0.25) is 4.98 Å². The predicted octanol–water partition coefficient (Wildman–Crippen LogP) is 1.82. The van der Waals surface area contributed by atoms with Crippen LogP contribution in [0.5, 0.6) is 5.88 Å². The third kappa shape index (κ3) is 4.14. The normalized spacial score (nSPS) is 18.8. The topological polar surface area (TPSA) is 59.1 Å². The smallest absolute Gasteiger partial charge is 0.234 e. The van der Waals surface area contributed by atoms with Crippen LogP contribution in [0, 0.1) is 0 Å². The highest BCUT2D eigenvalue weighted by Crippen LogP contribution is 2.11. The monoisotopic (exact) mass is 250 g/mol. The first-order valence-corrected chi connectivity index (χ1v) is 6.80. The van der Waals surface area contributed by atoms with Crippen molar-refractivity contribution in [3.63, 3.8) is 0 Å². The minimum Gasteiger partial charge on any atom is -0.477 e. The quantitative estimate of drug-likeness (QED) is 0.773. The van der Waals surface area contributed by atoms with E-state index in [2.05, 4.69) is 27.5 Å². The molecule has 1 fully saturated rings. The molecule has 0 aromatic carbocycles. The lowest BCUT2D eigenvalue weighted by atomic mass is 10.1. The van der Waals surface area contributed by atoms with Crippen LogP contribution in [0.3, 0.4) is 0 Å². The Labute approximate surface area is 108 Å². The third-order valence-corrected chi connectivity index (χ3v) is 3.03. The number of aromatic nitrogens is 2. The summed E-state index contributed by atoms with van der Waals surface area (Å²) in [6.45, 7) is 4.84. The largest absolute Gasteiger partial charge is 0.477 e. The molecule has 0 radical (unpaired) electrons. The summed E-state index contributed by atoms with van der Waals surface area (Å²) in [6.07, 6.45) is 8.08. The van der Waals surface area contributed by atoms with E-state index in [1.807, 2.05) is 0 Å². The van der Waals surface area contributed by atoms with Gasteiger partial charge in [0.05, 0.1) is 19.0 Å². The molecular formula is C13H22N4O. The molecule has 5 heteroatoms. The van der Waals surface area contributed by atoms with E-state index >= 15 is 0 Å². The molecule has 2 rings (SSSR count). The Kier molecular flexibility index (Phi) is 5.20. The standard InChI is InChI=1S/C13H22N4O/c1-2-8-18-13-10-14-9-12(17-13)16-7-5-11-4-3-6-15-11/h9-11,15H,2-8H2,1H3,(H,16,17)/t11-/m0/s1. The lowest BCUT2D eigenvalue weighted by molar-refractivity contribution is 0.304. The van der Waals surface area contributed by atoms with Crippen molar-refractivity contribution < 1.29 is 4.74 Å². The Hall–Kier alpha value is -1.36. The van der Waals surface area contributed by atoms with Gasteiger partial charge < -0.3 is 15.4 Å². The van der Waals surface area contributed by atoms with Gasteiger partial charge in [0.15, 0.2) is 0 Å². The van der Waals surface area contributed by atoms with Crippen LogP contribution in [-0.2, 0) is 0 Å².